The van der Waals surface area contributed by atoms with Crippen molar-refractivity contribution in [3.63, 3.8) is 0 Å². The summed E-state index contributed by atoms with van der Waals surface area (Å²) < 4.78 is 16.2. The minimum absolute atomic E-state index is 0.354. The van der Waals surface area contributed by atoms with Gasteiger partial charge in [0.25, 0.3) is 0 Å². The molecular formula is C19H21NO3. The Bertz CT molecular complexity index is 704. The standard InChI is InChI=1S/C19H21NO3/c1-21-17-6-4-5-14(12-17)7-8-16-11-15(9-10-20)13-18(22-2)19(16)23-3/h4-6,11-13H,7-9H2,1-3H3. The van der Waals surface area contributed by atoms with E-state index < -0.39 is 0 Å². The predicted octanol–water partition coefficient (Wildman–Crippen LogP) is 3.56. The Hall–Kier alpha value is -2.67. The van der Waals surface area contributed by atoms with Crippen molar-refractivity contribution in [3.8, 4) is 23.3 Å². The molecule has 0 saturated carbocycles. The van der Waals surface area contributed by atoms with Crippen molar-refractivity contribution < 1.29 is 14.2 Å². The SMILES string of the molecule is COc1cccc(CCc2cc(CC#N)cc(OC)c2OC)c1. The zero-order valence-electron chi connectivity index (χ0n) is 13.8. The summed E-state index contributed by atoms with van der Waals surface area (Å²) in [6.45, 7) is 0. The monoisotopic (exact) mass is 311 g/mol. The summed E-state index contributed by atoms with van der Waals surface area (Å²) in [7, 11) is 4.91. The highest BCUT2D eigenvalue weighted by Crippen LogP contribution is 2.33. The van der Waals surface area contributed by atoms with Gasteiger partial charge in [-0.2, -0.15) is 5.26 Å². The quantitative estimate of drug-likeness (QED) is 0.784. The lowest BCUT2D eigenvalue weighted by atomic mass is 10.00. The molecule has 0 spiro atoms. The summed E-state index contributed by atoms with van der Waals surface area (Å²) in [5, 5.41) is 8.93. The first-order chi connectivity index (χ1) is 11.2. The van der Waals surface area contributed by atoms with Crippen LogP contribution in [0, 0.1) is 11.3 Å². The van der Waals surface area contributed by atoms with Crippen molar-refractivity contribution in [3.05, 3.63) is 53.1 Å². The molecule has 0 aliphatic heterocycles. The second-order valence-electron chi connectivity index (χ2n) is 5.18. The van der Waals surface area contributed by atoms with Gasteiger partial charge in [-0.25, -0.2) is 0 Å². The number of hydrogen-bond acceptors (Lipinski definition) is 4. The first-order valence-corrected chi connectivity index (χ1v) is 7.45. The van der Waals surface area contributed by atoms with Crippen molar-refractivity contribution in [1.29, 1.82) is 5.26 Å². The normalized spacial score (nSPS) is 10.0. The molecule has 0 aromatic heterocycles. The minimum atomic E-state index is 0.354. The van der Waals surface area contributed by atoms with Crippen LogP contribution in [0.15, 0.2) is 36.4 Å². The first-order valence-electron chi connectivity index (χ1n) is 7.45. The summed E-state index contributed by atoms with van der Waals surface area (Å²) in [5.74, 6) is 2.25. The van der Waals surface area contributed by atoms with E-state index in [4.69, 9.17) is 19.5 Å². The third-order valence-electron chi connectivity index (χ3n) is 3.72. The Morgan fingerprint density at radius 1 is 0.913 bits per heavy atom. The van der Waals surface area contributed by atoms with E-state index in [1.54, 1.807) is 21.3 Å². The van der Waals surface area contributed by atoms with Gasteiger partial charge >= 0.3 is 0 Å². The highest BCUT2D eigenvalue weighted by Gasteiger charge is 2.12. The van der Waals surface area contributed by atoms with Crippen molar-refractivity contribution in [1.82, 2.24) is 0 Å². The van der Waals surface area contributed by atoms with E-state index in [1.165, 1.54) is 5.56 Å². The molecule has 0 N–H and O–H groups in total. The molecular weight excluding hydrogens is 290 g/mol. The second kappa shape index (κ2) is 8.09. The van der Waals surface area contributed by atoms with Crippen molar-refractivity contribution in [2.24, 2.45) is 0 Å². The Labute approximate surface area is 137 Å². The van der Waals surface area contributed by atoms with Crippen LogP contribution in [0.2, 0.25) is 0 Å². The number of nitrogens with zero attached hydrogens (tertiary/aromatic N) is 1. The molecule has 4 heteroatoms. The van der Waals surface area contributed by atoms with Crippen LogP contribution in [-0.2, 0) is 19.3 Å². The van der Waals surface area contributed by atoms with Gasteiger partial charge in [-0.15, -0.1) is 0 Å². The maximum absolute atomic E-state index is 8.93. The number of aryl methyl sites for hydroxylation is 2. The lowest BCUT2D eigenvalue weighted by Crippen LogP contribution is -2.00. The summed E-state index contributed by atoms with van der Waals surface area (Å²) >= 11 is 0. The fraction of sp³-hybridized carbons (Fsp3) is 0.316. The molecule has 0 unspecified atom stereocenters. The topological polar surface area (TPSA) is 51.5 Å². The molecule has 0 saturated heterocycles. The molecule has 23 heavy (non-hydrogen) atoms. The average Bonchev–Trinajstić information content (AvgIpc) is 2.59. The highest BCUT2D eigenvalue weighted by atomic mass is 16.5. The third-order valence-corrected chi connectivity index (χ3v) is 3.72. The number of hydrogen-bond donors (Lipinski definition) is 0. The first kappa shape index (κ1) is 16.7. The van der Waals surface area contributed by atoms with Crippen LogP contribution in [0.3, 0.4) is 0 Å². The minimum Gasteiger partial charge on any atom is -0.497 e. The van der Waals surface area contributed by atoms with Gasteiger partial charge in [-0.3, -0.25) is 0 Å². The molecule has 2 aromatic rings. The molecule has 0 aliphatic carbocycles. The van der Waals surface area contributed by atoms with E-state index in [1.807, 2.05) is 30.3 Å². The van der Waals surface area contributed by atoms with E-state index in [0.717, 1.165) is 35.5 Å². The zero-order valence-corrected chi connectivity index (χ0v) is 13.8. The van der Waals surface area contributed by atoms with Crippen molar-refractivity contribution in [2.45, 2.75) is 19.3 Å². The molecule has 0 aliphatic rings. The van der Waals surface area contributed by atoms with Crippen LogP contribution in [-0.4, -0.2) is 21.3 Å². The van der Waals surface area contributed by atoms with E-state index >= 15 is 0 Å². The lowest BCUT2D eigenvalue weighted by molar-refractivity contribution is 0.351. The summed E-state index contributed by atoms with van der Waals surface area (Å²) in [4.78, 5) is 0. The van der Waals surface area contributed by atoms with Crippen LogP contribution in [0.4, 0.5) is 0 Å². The van der Waals surface area contributed by atoms with Crippen LogP contribution >= 0.6 is 0 Å². The molecule has 0 amide bonds. The van der Waals surface area contributed by atoms with E-state index in [2.05, 4.69) is 12.1 Å². The van der Waals surface area contributed by atoms with Crippen molar-refractivity contribution in [2.75, 3.05) is 21.3 Å². The van der Waals surface area contributed by atoms with Gasteiger partial charge in [-0.05, 0) is 47.7 Å². The smallest absolute Gasteiger partial charge is 0.163 e. The zero-order chi connectivity index (χ0) is 16.7. The highest BCUT2D eigenvalue weighted by molar-refractivity contribution is 5.50. The average molecular weight is 311 g/mol. The Kier molecular flexibility index (Phi) is 5.87. The molecule has 120 valence electrons. The summed E-state index contributed by atoms with van der Waals surface area (Å²) in [5.41, 5.74) is 3.17. The van der Waals surface area contributed by atoms with Crippen LogP contribution < -0.4 is 14.2 Å². The molecule has 0 bridgehead atoms. The van der Waals surface area contributed by atoms with Gasteiger partial charge in [0.05, 0.1) is 33.8 Å². The third kappa shape index (κ3) is 4.17. The van der Waals surface area contributed by atoms with Gasteiger partial charge in [0, 0.05) is 0 Å². The molecule has 0 fully saturated rings. The Balaban J connectivity index is 2.26. The lowest BCUT2D eigenvalue weighted by Gasteiger charge is -2.14. The molecule has 2 rings (SSSR count). The van der Waals surface area contributed by atoms with E-state index in [-0.39, 0.29) is 0 Å². The Morgan fingerprint density at radius 2 is 1.74 bits per heavy atom. The number of ether oxygens (including phenoxy) is 3. The molecule has 0 radical (unpaired) electrons. The largest absolute Gasteiger partial charge is 0.497 e. The summed E-state index contributed by atoms with van der Waals surface area (Å²) in [6.07, 6.45) is 2.01. The maximum Gasteiger partial charge on any atom is 0.163 e. The number of rotatable bonds is 7. The maximum atomic E-state index is 8.93. The van der Waals surface area contributed by atoms with Crippen LogP contribution in [0.5, 0.6) is 17.2 Å². The molecule has 0 atom stereocenters. The van der Waals surface area contributed by atoms with Gasteiger partial charge < -0.3 is 14.2 Å². The van der Waals surface area contributed by atoms with E-state index in [9.17, 15) is 0 Å². The molecule has 4 nitrogen and oxygen atoms in total. The Morgan fingerprint density at radius 3 is 2.39 bits per heavy atom. The van der Waals surface area contributed by atoms with Gasteiger partial charge in [-0.1, -0.05) is 18.2 Å². The fourth-order valence-corrected chi connectivity index (χ4v) is 2.59. The van der Waals surface area contributed by atoms with E-state index in [0.29, 0.717) is 12.2 Å². The molecule has 0 heterocycles. The number of methoxy groups -OCH3 is 3. The van der Waals surface area contributed by atoms with Crippen molar-refractivity contribution >= 4 is 0 Å². The number of benzene rings is 2. The number of nitriles is 1. The van der Waals surface area contributed by atoms with Gasteiger partial charge in [0.2, 0.25) is 0 Å². The van der Waals surface area contributed by atoms with Gasteiger partial charge in [0.15, 0.2) is 11.5 Å². The van der Waals surface area contributed by atoms with Gasteiger partial charge in [0.1, 0.15) is 5.75 Å². The van der Waals surface area contributed by atoms with Crippen LogP contribution in [0.1, 0.15) is 16.7 Å². The van der Waals surface area contributed by atoms with Crippen LogP contribution in [0.25, 0.3) is 0 Å². The summed E-state index contributed by atoms with van der Waals surface area (Å²) in [6, 6.07) is 14.1. The second-order valence-corrected chi connectivity index (χ2v) is 5.18. The molecule has 2 aromatic carbocycles. The fourth-order valence-electron chi connectivity index (χ4n) is 2.59. The predicted molar refractivity (Wildman–Crippen MR) is 89.3 cm³/mol.